The van der Waals surface area contributed by atoms with Crippen LogP contribution in [-0.4, -0.2) is 35.5 Å². The normalized spacial score (nSPS) is 11.4. The van der Waals surface area contributed by atoms with Gasteiger partial charge in [-0.15, -0.1) is 0 Å². The van der Waals surface area contributed by atoms with E-state index < -0.39 is 5.41 Å². The van der Waals surface area contributed by atoms with Crippen molar-refractivity contribution in [3.8, 4) is 22.8 Å². The van der Waals surface area contributed by atoms with Crippen LogP contribution in [0.2, 0.25) is 0 Å². The average molecular weight is 350 g/mol. The number of aliphatic hydroxyl groups is 1. The van der Waals surface area contributed by atoms with E-state index in [1.165, 1.54) is 6.07 Å². The molecular formula is C17H22N2O4S. The molecule has 7 heteroatoms. The smallest absolute Gasteiger partial charge is 0.252 e. The fraction of sp³-hybridized carbons (Fsp3) is 0.412. The molecule has 0 saturated carbocycles. The quantitative estimate of drug-likeness (QED) is 0.783. The Labute approximate surface area is 145 Å². The Balaban J connectivity index is 2.70. The molecular weight excluding hydrogens is 328 g/mol. The summed E-state index contributed by atoms with van der Waals surface area (Å²) in [6.07, 6.45) is 0. The van der Waals surface area contributed by atoms with Gasteiger partial charge in [-0.1, -0.05) is 13.8 Å². The zero-order chi connectivity index (χ0) is 17.9. The predicted octanol–water partition coefficient (Wildman–Crippen LogP) is 2.61. The second-order valence-electron chi connectivity index (χ2n) is 6.30. The van der Waals surface area contributed by atoms with Gasteiger partial charge in [-0.05, 0) is 24.4 Å². The molecule has 0 aliphatic carbocycles. The van der Waals surface area contributed by atoms with Crippen molar-refractivity contribution < 1.29 is 14.6 Å². The molecule has 0 spiro atoms. The fourth-order valence-electron chi connectivity index (χ4n) is 2.39. The SMILES string of the molecule is COc1ccc(-c2cc(=O)[nH]c(=S)n2CC(C)(C)CO)c(OC)c1. The first-order chi connectivity index (χ1) is 11.3. The highest BCUT2D eigenvalue weighted by molar-refractivity contribution is 7.71. The number of ether oxygens (including phenoxy) is 2. The molecule has 130 valence electrons. The summed E-state index contributed by atoms with van der Waals surface area (Å²) in [6, 6.07) is 6.85. The lowest BCUT2D eigenvalue weighted by Gasteiger charge is -2.25. The van der Waals surface area contributed by atoms with Gasteiger partial charge in [0, 0.05) is 36.3 Å². The topological polar surface area (TPSA) is 76.5 Å². The maximum absolute atomic E-state index is 11.9. The van der Waals surface area contributed by atoms with Gasteiger partial charge in [-0.25, -0.2) is 0 Å². The van der Waals surface area contributed by atoms with Gasteiger partial charge in [-0.3, -0.25) is 9.78 Å². The molecule has 24 heavy (non-hydrogen) atoms. The van der Waals surface area contributed by atoms with Gasteiger partial charge in [0.15, 0.2) is 4.77 Å². The number of hydrogen-bond donors (Lipinski definition) is 2. The van der Waals surface area contributed by atoms with Gasteiger partial charge in [0.05, 0.1) is 19.9 Å². The van der Waals surface area contributed by atoms with Gasteiger partial charge in [0.1, 0.15) is 11.5 Å². The van der Waals surface area contributed by atoms with Crippen molar-refractivity contribution in [1.29, 1.82) is 0 Å². The van der Waals surface area contributed by atoms with Crippen molar-refractivity contribution in [2.24, 2.45) is 5.41 Å². The maximum Gasteiger partial charge on any atom is 0.252 e. The molecule has 0 aliphatic rings. The number of nitrogens with zero attached hydrogens (tertiary/aromatic N) is 1. The van der Waals surface area contributed by atoms with Crippen LogP contribution in [0.15, 0.2) is 29.1 Å². The summed E-state index contributed by atoms with van der Waals surface area (Å²) in [7, 11) is 3.13. The molecule has 1 aromatic carbocycles. The minimum absolute atomic E-state index is 0.00686. The largest absolute Gasteiger partial charge is 0.497 e. The molecule has 0 aliphatic heterocycles. The lowest BCUT2D eigenvalue weighted by atomic mass is 9.94. The molecule has 0 fully saturated rings. The number of nitrogens with one attached hydrogen (secondary N) is 1. The number of hydrogen-bond acceptors (Lipinski definition) is 5. The zero-order valence-electron chi connectivity index (χ0n) is 14.3. The molecule has 1 aromatic heterocycles. The van der Waals surface area contributed by atoms with Crippen molar-refractivity contribution in [3.63, 3.8) is 0 Å². The summed E-state index contributed by atoms with van der Waals surface area (Å²) in [5.74, 6) is 1.23. The van der Waals surface area contributed by atoms with Crippen LogP contribution >= 0.6 is 12.2 Å². The highest BCUT2D eigenvalue weighted by atomic mass is 32.1. The van der Waals surface area contributed by atoms with Crippen molar-refractivity contribution in [1.82, 2.24) is 9.55 Å². The Hall–Kier alpha value is -2.12. The molecule has 6 nitrogen and oxygen atoms in total. The molecule has 0 atom stereocenters. The van der Waals surface area contributed by atoms with Crippen LogP contribution in [0.1, 0.15) is 13.8 Å². The number of H-pyrrole nitrogens is 1. The number of benzene rings is 1. The Bertz CT molecular complexity index is 839. The van der Waals surface area contributed by atoms with Crippen LogP contribution in [0.25, 0.3) is 11.3 Å². The van der Waals surface area contributed by atoms with Crippen LogP contribution in [-0.2, 0) is 6.54 Å². The van der Waals surface area contributed by atoms with Gasteiger partial charge in [0.25, 0.3) is 5.56 Å². The van der Waals surface area contributed by atoms with Crippen molar-refractivity contribution in [3.05, 3.63) is 39.4 Å². The van der Waals surface area contributed by atoms with E-state index in [0.717, 1.165) is 5.56 Å². The van der Waals surface area contributed by atoms with E-state index in [4.69, 9.17) is 21.7 Å². The number of aromatic nitrogens is 2. The number of aliphatic hydroxyl groups excluding tert-OH is 1. The van der Waals surface area contributed by atoms with Gasteiger partial charge in [-0.2, -0.15) is 0 Å². The summed E-state index contributed by atoms with van der Waals surface area (Å²) in [6.45, 7) is 4.29. The van der Waals surface area contributed by atoms with Crippen molar-refractivity contribution in [2.75, 3.05) is 20.8 Å². The molecule has 0 unspecified atom stereocenters. The van der Waals surface area contributed by atoms with Crippen molar-refractivity contribution in [2.45, 2.75) is 20.4 Å². The minimum atomic E-state index is -0.398. The first-order valence-electron chi connectivity index (χ1n) is 7.49. The number of rotatable bonds is 6. The second kappa shape index (κ2) is 7.19. The molecule has 0 amide bonds. The number of aromatic amines is 1. The van der Waals surface area contributed by atoms with Crippen LogP contribution in [0.5, 0.6) is 11.5 Å². The minimum Gasteiger partial charge on any atom is -0.497 e. The summed E-state index contributed by atoms with van der Waals surface area (Å²) in [5, 5.41) is 9.57. The highest BCUT2D eigenvalue weighted by Gasteiger charge is 2.21. The maximum atomic E-state index is 11.9. The average Bonchev–Trinajstić information content (AvgIpc) is 2.56. The molecule has 2 rings (SSSR count). The van der Waals surface area contributed by atoms with Crippen LogP contribution in [0.3, 0.4) is 0 Å². The monoisotopic (exact) mass is 350 g/mol. The van der Waals surface area contributed by atoms with Gasteiger partial charge in [0.2, 0.25) is 0 Å². The molecule has 1 heterocycles. The van der Waals surface area contributed by atoms with E-state index in [1.807, 2.05) is 19.9 Å². The lowest BCUT2D eigenvalue weighted by molar-refractivity contribution is 0.140. The van der Waals surface area contributed by atoms with E-state index in [-0.39, 0.29) is 12.2 Å². The van der Waals surface area contributed by atoms with E-state index in [1.54, 1.807) is 30.9 Å². The fourth-order valence-corrected chi connectivity index (χ4v) is 2.65. The first-order valence-corrected chi connectivity index (χ1v) is 7.89. The van der Waals surface area contributed by atoms with Gasteiger partial charge < -0.3 is 19.1 Å². The zero-order valence-corrected chi connectivity index (χ0v) is 15.1. The third-order valence-electron chi connectivity index (χ3n) is 3.73. The summed E-state index contributed by atoms with van der Waals surface area (Å²) >= 11 is 5.33. The van der Waals surface area contributed by atoms with Crippen LogP contribution in [0, 0.1) is 10.2 Å². The Morgan fingerprint density at radius 1 is 1.25 bits per heavy atom. The second-order valence-corrected chi connectivity index (χ2v) is 6.69. The number of methoxy groups -OCH3 is 2. The summed E-state index contributed by atoms with van der Waals surface area (Å²) in [5.41, 5.74) is 0.671. The Morgan fingerprint density at radius 3 is 2.54 bits per heavy atom. The molecule has 2 aromatic rings. The summed E-state index contributed by atoms with van der Waals surface area (Å²) < 4.78 is 12.8. The summed E-state index contributed by atoms with van der Waals surface area (Å²) in [4.78, 5) is 14.6. The molecule has 0 radical (unpaired) electrons. The van der Waals surface area contributed by atoms with E-state index >= 15 is 0 Å². The third kappa shape index (κ3) is 3.85. The molecule has 0 bridgehead atoms. The van der Waals surface area contributed by atoms with Gasteiger partial charge >= 0.3 is 0 Å². The van der Waals surface area contributed by atoms with Crippen LogP contribution in [0.4, 0.5) is 0 Å². The van der Waals surface area contributed by atoms with Crippen LogP contribution < -0.4 is 15.0 Å². The van der Waals surface area contributed by atoms with Crippen molar-refractivity contribution >= 4 is 12.2 Å². The first kappa shape index (κ1) is 18.2. The van der Waals surface area contributed by atoms with E-state index in [2.05, 4.69) is 4.98 Å². The standard InChI is InChI=1S/C17H22N2O4S/c1-17(2,10-20)9-19-13(8-15(21)18-16(19)24)12-6-5-11(22-3)7-14(12)23-4/h5-8,20H,9-10H2,1-4H3,(H,18,21,24). The Kier molecular flexibility index (Phi) is 5.46. The van der Waals surface area contributed by atoms with E-state index in [9.17, 15) is 9.90 Å². The third-order valence-corrected chi connectivity index (χ3v) is 4.06. The lowest BCUT2D eigenvalue weighted by Crippen LogP contribution is -2.27. The van der Waals surface area contributed by atoms with E-state index in [0.29, 0.717) is 28.5 Å². The Morgan fingerprint density at radius 2 is 1.96 bits per heavy atom. The molecule has 2 N–H and O–H groups in total. The highest BCUT2D eigenvalue weighted by Crippen LogP contribution is 2.33. The predicted molar refractivity (Wildman–Crippen MR) is 95.3 cm³/mol. The molecule has 0 saturated heterocycles.